The highest BCUT2D eigenvalue weighted by molar-refractivity contribution is 6.31. The van der Waals surface area contributed by atoms with Crippen molar-refractivity contribution in [3.8, 4) is 0 Å². The van der Waals surface area contributed by atoms with Crippen LogP contribution in [-0.2, 0) is 6.54 Å². The van der Waals surface area contributed by atoms with Gasteiger partial charge in [0, 0.05) is 23.3 Å². The van der Waals surface area contributed by atoms with Gasteiger partial charge in [-0.05, 0) is 42.7 Å². The number of carbonyl (C=O) groups excluding carboxylic acids is 3. The van der Waals surface area contributed by atoms with Crippen LogP contribution in [0.25, 0.3) is 0 Å². The van der Waals surface area contributed by atoms with E-state index < -0.39 is 6.03 Å². The number of rotatable bonds is 4. The summed E-state index contributed by atoms with van der Waals surface area (Å²) in [6.45, 7) is 0.281. The zero-order valence-corrected chi connectivity index (χ0v) is 16.7. The van der Waals surface area contributed by atoms with Crippen LogP contribution in [-0.4, -0.2) is 28.8 Å². The minimum atomic E-state index is -0.411. The third-order valence-electron chi connectivity index (χ3n) is 5.51. The van der Waals surface area contributed by atoms with E-state index in [1.807, 2.05) is 18.2 Å². The molecule has 0 spiro atoms. The zero-order valence-electron chi connectivity index (χ0n) is 15.9. The number of hydrogen-bond acceptors (Lipinski definition) is 3. The van der Waals surface area contributed by atoms with Crippen molar-refractivity contribution < 1.29 is 14.4 Å². The highest BCUT2D eigenvalue weighted by Gasteiger charge is 2.40. The summed E-state index contributed by atoms with van der Waals surface area (Å²) in [5.41, 5.74) is 2.03. The first-order valence-corrected chi connectivity index (χ1v) is 10.2. The SMILES string of the molecule is O=C(NCc1ccccc1Cl)Nc1ccc2c(c1)C(=O)N(C1CCCCC1)C2=O. The Kier molecular flexibility index (Phi) is 5.53. The van der Waals surface area contributed by atoms with Crippen LogP contribution in [0.15, 0.2) is 42.5 Å². The predicted octanol–water partition coefficient (Wildman–Crippen LogP) is 4.59. The minimum absolute atomic E-state index is 0.0218. The van der Waals surface area contributed by atoms with Gasteiger partial charge in [-0.25, -0.2) is 4.79 Å². The maximum Gasteiger partial charge on any atom is 0.319 e. The summed E-state index contributed by atoms with van der Waals surface area (Å²) in [5.74, 6) is -0.497. The van der Waals surface area contributed by atoms with Crippen molar-refractivity contribution in [1.82, 2.24) is 10.2 Å². The van der Waals surface area contributed by atoms with Gasteiger partial charge in [-0.2, -0.15) is 0 Å². The van der Waals surface area contributed by atoms with Gasteiger partial charge in [0.15, 0.2) is 0 Å². The molecule has 0 saturated heterocycles. The molecule has 1 fully saturated rings. The average Bonchev–Trinajstić information content (AvgIpc) is 2.98. The van der Waals surface area contributed by atoms with E-state index in [-0.39, 0.29) is 24.4 Å². The molecule has 2 N–H and O–H groups in total. The molecule has 0 atom stereocenters. The Morgan fingerprint density at radius 2 is 1.72 bits per heavy atom. The fraction of sp³-hybridized carbons (Fsp3) is 0.318. The number of hydrogen-bond donors (Lipinski definition) is 2. The van der Waals surface area contributed by atoms with Crippen molar-refractivity contribution in [2.24, 2.45) is 0 Å². The quantitative estimate of drug-likeness (QED) is 0.722. The van der Waals surface area contributed by atoms with Crippen LogP contribution >= 0.6 is 11.6 Å². The first kappa shape index (κ1) is 19.5. The molecule has 29 heavy (non-hydrogen) atoms. The lowest BCUT2D eigenvalue weighted by atomic mass is 9.94. The summed E-state index contributed by atoms with van der Waals surface area (Å²) in [5, 5.41) is 6.04. The normalized spacial score (nSPS) is 16.7. The molecular weight excluding hydrogens is 390 g/mol. The van der Waals surface area contributed by atoms with E-state index in [1.54, 1.807) is 24.3 Å². The highest BCUT2D eigenvalue weighted by Crippen LogP contribution is 2.32. The first-order chi connectivity index (χ1) is 14.0. The smallest absolute Gasteiger partial charge is 0.319 e. The Hall–Kier alpha value is -2.86. The van der Waals surface area contributed by atoms with Gasteiger partial charge < -0.3 is 10.6 Å². The second-order valence-electron chi connectivity index (χ2n) is 7.43. The fourth-order valence-electron chi connectivity index (χ4n) is 4.00. The van der Waals surface area contributed by atoms with Crippen LogP contribution < -0.4 is 10.6 Å². The second-order valence-corrected chi connectivity index (χ2v) is 7.84. The lowest BCUT2D eigenvalue weighted by molar-refractivity contribution is 0.0549. The molecule has 1 aliphatic heterocycles. The lowest BCUT2D eigenvalue weighted by Crippen LogP contribution is -2.40. The van der Waals surface area contributed by atoms with E-state index in [2.05, 4.69) is 10.6 Å². The molecule has 4 amide bonds. The van der Waals surface area contributed by atoms with Crippen molar-refractivity contribution in [3.05, 3.63) is 64.2 Å². The minimum Gasteiger partial charge on any atom is -0.334 e. The maximum atomic E-state index is 12.9. The monoisotopic (exact) mass is 411 g/mol. The number of nitrogens with zero attached hydrogens (tertiary/aromatic N) is 1. The van der Waals surface area contributed by atoms with Gasteiger partial charge in [-0.1, -0.05) is 49.1 Å². The number of anilines is 1. The molecule has 0 bridgehead atoms. The van der Waals surface area contributed by atoms with Crippen molar-refractivity contribution >= 4 is 35.1 Å². The van der Waals surface area contributed by atoms with E-state index in [0.717, 1.165) is 37.7 Å². The summed E-state index contributed by atoms with van der Waals surface area (Å²) in [6.07, 6.45) is 4.95. The number of urea groups is 1. The van der Waals surface area contributed by atoms with Crippen LogP contribution in [0.1, 0.15) is 58.4 Å². The van der Waals surface area contributed by atoms with E-state index in [0.29, 0.717) is 21.8 Å². The summed E-state index contributed by atoms with van der Waals surface area (Å²) < 4.78 is 0. The van der Waals surface area contributed by atoms with Crippen LogP contribution in [0.2, 0.25) is 5.02 Å². The number of fused-ring (bicyclic) bond motifs is 1. The molecule has 4 rings (SSSR count). The molecule has 0 aromatic heterocycles. The van der Waals surface area contributed by atoms with E-state index >= 15 is 0 Å². The van der Waals surface area contributed by atoms with E-state index in [9.17, 15) is 14.4 Å². The molecule has 150 valence electrons. The fourth-order valence-corrected chi connectivity index (χ4v) is 4.20. The third kappa shape index (κ3) is 3.98. The standard InChI is InChI=1S/C22H22ClN3O3/c23-19-9-5-4-6-14(19)13-24-22(29)25-15-10-11-17-18(12-15)21(28)26(20(17)27)16-7-2-1-3-8-16/h4-6,9-12,16H,1-3,7-8,13H2,(H2,24,25,29). The van der Waals surface area contributed by atoms with Crippen LogP contribution in [0.3, 0.4) is 0 Å². The molecule has 6 nitrogen and oxygen atoms in total. The average molecular weight is 412 g/mol. The van der Waals surface area contributed by atoms with Crippen LogP contribution in [0.5, 0.6) is 0 Å². The number of imide groups is 1. The van der Waals surface area contributed by atoms with Crippen LogP contribution in [0, 0.1) is 0 Å². The van der Waals surface area contributed by atoms with E-state index in [4.69, 9.17) is 11.6 Å². The van der Waals surface area contributed by atoms with E-state index in [1.165, 1.54) is 4.90 Å². The summed E-state index contributed by atoms with van der Waals surface area (Å²) in [7, 11) is 0. The molecule has 0 radical (unpaired) electrons. The molecule has 7 heteroatoms. The third-order valence-corrected chi connectivity index (χ3v) is 5.88. The molecule has 2 aromatic carbocycles. The Labute approximate surface area is 174 Å². The topological polar surface area (TPSA) is 78.5 Å². The van der Waals surface area contributed by atoms with Gasteiger partial charge in [-0.15, -0.1) is 0 Å². The number of amides is 4. The van der Waals surface area contributed by atoms with Gasteiger partial charge in [-0.3, -0.25) is 14.5 Å². The maximum absolute atomic E-state index is 12.9. The Balaban J connectivity index is 1.43. The Bertz CT molecular complexity index is 970. The van der Waals surface area contributed by atoms with Gasteiger partial charge in [0.1, 0.15) is 0 Å². The van der Waals surface area contributed by atoms with Crippen molar-refractivity contribution in [2.75, 3.05) is 5.32 Å². The Morgan fingerprint density at radius 1 is 1.00 bits per heavy atom. The molecule has 2 aliphatic rings. The molecule has 0 unspecified atom stereocenters. The lowest BCUT2D eigenvalue weighted by Gasteiger charge is -2.29. The first-order valence-electron chi connectivity index (χ1n) is 9.85. The second kappa shape index (κ2) is 8.25. The van der Waals surface area contributed by atoms with Gasteiger partial charge >= 0.3 is 6.03 Å². The largest absolute Gasteiger partial charge is 0.334 e. The van der Waals surface area contributed by atoms with Crippen molar-refractivity contribution in [1.29, 1.82) is 0 Å². The number of halogens is 1. The number of carbonyl (C=O) groups is 3. The predicted molar refractivity (Wildman–Crippen MR) is 111 cm³/mol. The van der Waals surface area contributed by atoms with Crippen molar-refractivity contribution in [2.45, 2.75) is 44.7 Å². The molecule has 1 aliphatic carbocycles. The van der Waals surface area contributed by atoms with Gasteiger partial charge in [0.25, 0.3) is 11.8 Å². The van der Waals surface area contributed by atoms with Gasteiger partial charge in [0.05, 0.1) is 11.1 Å². The Morgan fingerprint density at radius 3 is 2.48 bits per heavy atom. The van der Waals surface area contributed by atoms with Crippen molar-refractivity contribution in [3.63, 3.8) is 0 Å². The summed E-state index contributed by atoms with van der Waals surface area (Å²) in [6, 6.07) is 11.7. The number of nitrogens with one attached hydrogen (secondary N) is 2. The number of benzene rings is 2. The molecule has 2 aromatic rings. The van der Waals surface area contributed by atoms with Gasteiger partial charge in [0.2, 0.25) is 0 Å². The summed E-state index contributed by atoms with van der Waals surface area (Å²) >= 11 is 6.09. The molecular formula is C22H22ClN3O3. The molecule has 1 heterocycles. The molecule has 1 saturated carbocycles. The summed E-state index contributed by atoms with van der Waals surface area (Å²) in [4.78, 5) is 39.2. The van der Waals surface area contributed by atoms with Crippen LogP contribution in [0.4, 0.5) is 10.5 Å². The zero-order chi connectivity index (χ0) is 20.4. The highest BCUT2D eigenvalue weighted by atomic mass is 35.5.